The minimum atomic E-state index is -1.22. The molecule has 0 saturated carbocycles. The maximum Gasteiger partial charge on any atom is 0.161 e. The van der Waals surface area contributed by atoms with Crippen LogP contribution in [0.2, 0.25) is 0 Å². The SMILES string of the molecule is CC(=O)C=CCc1cc(F)c(F)cc1F. The Labute approximate surface area is 85.2 Å². The molecule has 0 N–H and O–H groups in total. The summed E-state index contributed by atoms with van der Waals surface area (Å²) in [5, 5.41) is 0. The van der Waals surface area contributed by atoms with Crippen molar-refractivity contribution in [3.63, 3.8) is 0 Å². The predicted octanol–water partition coefficient (Wildman–Crippen LogP) is 2.79. The van der Waals surface area contributed by atoms with Gasteiger partial charge in [0.15, 0.2) is 17.4 Å². The molecule has 0 atom stereocenters. The molecule has 0 aliphatic rings. The number of halogens is 3. The van der Waals surface area contributed by atoms with Gasteiger partial charge in [-0.2, -0.15) is 0 Å². The monoisotopic (exact) mass is 214 g/mol. The van der Waals surface area contributed by atoms with Crippen LogP contribution in [-0.2, 0) is 11.2 Å². The molecule has 1 aromatic rings. The first-order valence-corrected chi connectivity index (χ1v) is 4.31. The molecule has 0 aromatic heterocycles. The lowest BCUT2D eigenvalue weighted by molar-refractivity contribution is -0.112. The van der Waals surface area contributed by atoms with Crippen LogP contribution >= 0.6 is 0 Å². The van der Waals surface area contributed by atoms with Crippen molar-refractivity contribution in [2.75, 3.05) is 0 Å². The minimum Gasteiger partial charge on any atom is -0.295 e. The molecule has 80 valence electrons. The highest BCUT2D eigenvalue weighted by molar-refractivity contribution is 5.87. The highest BCUT2D eigenvalue weighted by atomic mass is 19.2. The zero-order valence-electron chi connectivity index (χ0n) is 8.06. The van der Waals surface area contributed by atoms with Crippen molar-refractivity contribution in [2.45, 2.75) is 13.3 Å². The Morgan fingerprint density at radius 1 is 1.20 bits per heavy atom. The number of allylic oxidation sites excluding steroid dienone is 2. The van der Waals surface area contributed by atoms with Gasteiger partial charge >= 0.3 is 0 Å². The van der Waals surface area contributed by atoms with Gasteiger partial charge in [-0.25, -0.2) is 13.2 Å². The molecule has 0 spiro atoms. The van der Waals surface area contributed by atoms with Crippen molar-refractivity contribution in [3.8, 4) is 0 Å². The second-order valence-electron chi connectivity index (χ2n) is 3.07. The van der Waals surface area contributed by atoms with Crippen LogP contribution in [0.3, 0.4) is 0 Å². The van der Waals surface area contributed by atoms with E-state index < -0.39 is 17.5 Å². The summed E-state index contributed by atoms with van der Waals surface area (Å²) in [6.07, 6.45) is 2.71. The van der Waals surface area contributed by atoms with Crippen LogP contribution < -0.4 is 0 Å². The number of carbonyl (C=O) groups excluding carboxylic acids is 1. The first-order chi connectivity index (χ1) is 7.00. The molecule has 0 radical (unpaired) electrons. The molecule has 0 bridgehead atoms. The van der Waals surface area contributed by atoms with E-state index in [1.165, 1.54) is 19.1 Å². The second kappa shape index (κ2) is 4.77. The van der Waals surface area contributed by atoms with Crippen LogP contribution in [0.25, 0.3) is 0 Å². The van der Waals surface area contributed by atoms with Gasteiger partial charge in [0.1, 0.15) is 5.82 Å². The Morgan fingerprint density at radius 3 is 2.40 bits per heavy atom. The first-order valence-electron chi connectivity index (χ1n) is 4.31. The number of rotatable bonds is 3. The van der Waals surface area contributed by atoms with Crippen LogP contribution in [0.15, 0.2) is 24.3 Å². The Morgan fingerprint density at radius 2 is 1.80 bits per heavy atom. The van der Waals surface area contributed by atoms with Crippen molar-refractivity contribution in [1.82, 2.24) is 0 Å². The van der Waals surface area contributed by atoms with E-state index in [0.29, 0.717) is 6.07 Å². The number of benzene rings is 1. The summed E-state index contributed by atoms with van der Waals surface area (Å²) in [6.45, 7) is 1.35. The third-order valence-electron chi connectivity index (χ3n) is 1.78. The van der Waals surface area contributed by atoms with Gasteiger partial charge in [-0.05, 0) is 31.1 Å². The Balaban J connectivity index is 2.86. The van der Waals surface area contributed by atoms with E-state index in [4.69, 9.17) is 0 Å². The topological polar surface area (TPSA) is 17.1 Å². The summed E-state index contributed by atoms with van der Waals surface area (Å²) in [4.78, 5) is 10.5. The van der Waals surface area contributed by atoms with Gasteiger partial charge in [0, 0.05) is 6.07 Å². The van der Waals surface area contributed by atoms with Gasteiger partial charge in [0.25, 0.3) is 0 Å². The highest BCUT2D eigenvalue weighted by Crippen LogP contribution is 2.14. The predicted molar refractivity (Wildman–Crippen MR) is 49.8 cm³/mol. The molecule has 15 heavy (non-hydrogen) atoms. The van der Waals surface area contributed by atoms with Crippen molar-refractivity contribution in [3.05, 3.63) is 47.3 Å². The van der Waals surface area contributed by atoms with Crippen LogP contribution in [0.1, 0.15) is 12.5 Å². The number of carbonyl (C=O) groups is 1. The maximum absolute atomic E-state index is 13.0. The van der Waals surface area contributed by atoms with Gasteiger partial charge in [0.2, 0.25) is 0 Å². The lowest BCUT2D eigenvalue weighted by Gasteiger charge is -2.00. The normalized spacial score (nSPS) is 10.9. The van der Waals surface area contributed by atoms with Gasteiger partial charge < -0.3 is 0 Å². The largest absolute Gasteiger partial charge is 0.295 e. The maximum atomic E-state index is 13.0. The molecule has 1 aromatic carbocycles. The molecule has 0 saturated heterocycles. The molecule has 1 rings (SSSR count). The third kappa shape index (κ3) is 3.23. The molecule has 1 nitrogen and oxygen atoms in total. The van der Waals surface area contributed by atoms with Crippen molar-refractivity contribution < 1.29 is 18.0 Å². The second-order valence-corrected chi connectivity index (χ2v) is 3.07. The summed E-state index contributed by atoms with van der Waals surface area (Å²) < 4.78 is 38.3. The van der Waals surface area contributed by atoms with E-state index in [0.717, 1.165) is 6.07 Å². The van der Waals surface area contributed by atoms with Crippen LogP contribution in [0.4, 0.5) is 13.2 Å². The molecule has 0 amide bonds. The lowest BCUT2D eigenvalue weighted by atomic mass is 10.1. The van der Waals surface area contributed by atoms with Gasteiger partial charge in [0.05, 0.1) is 0 Å². The summed E-state index contributed by atoms with van der Waals surface area (Å²) in [5.74, 6) is -3.31. The van der Waals surface area contributed by atoms with E-state index in [9.17, 15) is 18.0 Å². The zero-order chi connectivity index (χ0) is 11.4. The zero-order valence-corrected chi connectivity index (χ0v) is 8.06. The molecular weight excluding hydrogens is 205 g/mol. The number of ketones is 1. The van der Waals surface area contributed by atoms with Gasteiger partial charge in [-0.3, -0.25) is 4.79 Å². The minimum absolute atomic E-state index is 0.0198. The fraction of sp³-hybridized carbons (Fsp3) is 0.182. The van der Waals surface area contributed by atoms with Crippen molar-refractivity contribution in [1.29, 1.82) is 0 Å². The van der Waals surface area contributed by atoms with Crippen molar-refractivity contribution in [2.24, 2.45) is 0 Å². The Bertz CT molecular complexity index is 411. The van der Waals surface area contributed by atoms with E-state index >= 15 is 0 Å². The van der Waals surface area contributed by atoms with Gasteiger partial charge in [-0.15, -0.1) is 0 Å². The summed E-state index contributed by atoms with van der Waals surface area (Å²) >= 11 is 0. The average molecular weight is 214 g/mol. The Kier molecular flexibility index (Phi) is 3.66. The highest BCUT2D eigenvalue weighted by Gasteiger charge is 2.08. The van der Waals surface area contributed by atoms with E-state index in [1.807, 2.05) is 0 Å². The fourth-order valence-corrected chi connectivity index (χ4v) is 1.07. The lowest BCUT2D eigenvalue weighted by Crippen LogP contribution is -1.94. The van der Waals surface area contributed by atoms with Crippen molar-refractivity contribution >= 4 is 5.78 Å². The molecule has 0 unspecified atom stereocenters. The average Bonchev–Trinajstić information content (AvgIpc) is 2.13. The molecule has 4 heteroatoms. The van der Waals surface area contributed by atoms with Crippen LogP contribution in [-0.4, -0.2) is 5.78 Å². The standard InChI is InChI=1S/C11H9F3O/c1-7(15)3-2-4-8-5-10(13)11(14)6-9(8)12/h2-3,5-6H,4H2,1H3. The quantitative estimate of drug-likeness (QED) is 0.558. The fourth-order valence-electron chi connectivity index (χ4n) is 1.07. The molecule has 0 aliphatic carbocycles. The van der Waals surface area contributed by atoms with Gasteiger partial charge in [-0.1, -0.05) is 6.08 Å². The summed E-state index contributed by atoms with van der Waals surface area (Å²) in [6, 6.07) is 1.28. The van der Waals surface area contributed by atoms with E-state index in [1.54, 1.807) is 0 Å². The molecule has 0 aliphatic heterocycles. The smallest absolute Gasteiger partial charge is 0.161 e. The molecular formula is C11H9F3O. The molecule has 0 heterocycles. The number of hydrogen-bond donors (Lipinski definition) is 0. The third-order valence-corrected chi connectivity index (χ3v) is 1.78. The summed E-state index contributed by atoms with van der Waals surface area (Å²) in [7, 11) is 0. The van der Waals surface area contributed by atoms with E-state index in [2.05, 4.69) is 0 Å². The molecule has 0 fully saturated rings. The first kappa shape index (κ1) is 11.5. The van der Waals surface area contributed by atoms with Crippen LogP contribution in [0.5, 0.6) is 0 Å². The number of hydrogen-bond acceptors (Lipinski definition) is 1. The van der Waals surface area contributed by atoms with E-state index in [-0.39, 0.29) is 17.8 Å². The van der Waals surface area contributed by atoms with Crippen LogP contribution in [0, 0.1) is 17.5 Å². The summed E-state index contributed by atoms with van der Waals surface area (Å²) in [5.41, 5.74) is 0.0198. The Hall–Kier alpha value is -1.58.